The second kappa shape index (κ2) is 2.97. The smallest absolute Gasteiger partial charge is 0.310 e. The van der Waals surface area contributed by atoms with Gasteiger partial charge in [0.15, 0.2) is 0 Å². The molecule has 2 aliphatic carbocycles. The lowest BCUT2D eigenvalue weighted by Crippen LogP contribution is -2.48. The molecular formula is C10H14O4. The summed E-state index contributed by atoms with van der Waals surface area (Å²) >= 11 is 0. The van der Waals surface area contributed by atoms with Crippen LogP contribution >= 0.6 is 0 Å². The minimum absolute atomic E-state index is 0.0892. The van der Waals surface area contributed by atoms with E-state index in [2.05, 4.69) is 4.74 Å². The number of hydrogen-bond acceptors (Lipinski definition) is 4. The van der Waals surface area contributed by atoms with E-state index in [0.717, 1.165) is 19.3 Å². The summed E-state index contributed by atoms with van der Waals surface area (Å²) in [5, 5.41) is 0. The fourth-order valence-corrected chi connectivity index (χ4v) is 2.54. The van der Waals surface area contributed by atoms with Crippen LogP contribution in [0.25, 0.3) is 0 Å². The Kier molecular flexibility index (Phi) is 2.01. The zero-order valence-corrected chi connectivity index (χ0v) is 8.41. The van der Waals surface area contributed by atoms with Gasteiger partial charge in [0.05, 0.1) is 26.1 Å². The average Bonchev–Trinajstić information content (AvgIpc) is 2.94. The summed E-state index contributed by atoms with van der Waals surface area (Å²) in [5.74, 6) is -1.06. The molecule has 4 heteroatoms. The number of esters is 2. The van der Waals surface area contributed by atoms with E-state index in [1.165, 1.54) is 14.2 Å². The van der Waals surface area contributed by atoms with Crippen LogP contribution in [0.3, 0.4) is 0 Å². The van der Waals surface area contributed by atoms with Gasteiger partial charge in [-0.3, -0.25) is 9.59 Å². The quantitative estimate of drug-likeness (QED) is 0.614. The van der Waals surface area contributed by atoms with Gasteiger partial charge < -0.3 is 9.47 Å². The van der Waals surface area contributed by atoms with Crippen LogP contribution in [0.15, 0.2) is 0 Å². The van der Waals surface area contributed by atoms with Gasteiger partial charge in [-0.05, 0) is 24.7 Å². The van der Waals surface area contributed by atoms with Crippen LogP contribution in [0.4, 0.5) is 0 Å². The van der Waals surface area contributed by atoms with Crippen LogP contribution in [0.5, 0.6) is 0 Å². The Morgan fingerprint density at radius 2 is 1.71 bits per heavy atom. The highest BCUT2D eigenvalue weighted by Gasteiger charge is 2.66. The van der Waals surface area contributed by atoms with Gasteiger partial charge >= 0.3 is 11.9 Å². The molecule has 2 atom stereocenters. The largest absolute Gasteiger partial charge is 0.469 e. The van der Waals surface area contributed by atoms with Crippen LogP contribution in [-0.2, 0) is 19.1 Å². The van der Waals surface area contributed by atoms with E-state index in [1.54, 1.807) is 0 Å². The first-order valence-corrected chi connectivity index (χ1v) is 4.80. The van der Waals surface area contributed by atoms with E-state index in [-0.39, 0.29) is 29.2 Å². The Bertz CT molecular complexity index is 280. The Morgan fingerprint density at radius 1 is 1.14 bits per heavy atom. The molecule has 14 heavy (non-hydrogen) atoms. The maximum absolute atomic E-state index is 11.5. The van der Waals surface area contributed by atoms with Gasteiger partial charge in [0, 0.05) is 0 Å². The first-order chi connectivity index (χ1) is 6.64. The minimum Gasteiger partial charge on any atom is -0.469 e. The molecule has 2 fully saturated rings. The normalized spacial score (nSPS) is 31.9. The van der Waals surface area contributed by atoms with Crippen LogP contribution in [0.1, 0.15) is 19.3 Å². The van der Waals surface area contributed by atoms with Gasteiger partial charge in [0.25, 0.3) is 0 Å². The molecule has 2 saturated carbocycles. The number of ether oxygens (including phenoxy) is 2. The number of carbonyl (C=O) groups is 2. The third-order valence-corrected chi connectivity index (χ3v) is 3.54. The summed E-state index contributed by atoms with van der Waals surface area (Å²) in [5.41, 5.74) is 0.0892. The molecule has 0 aromatic rings. The van der Waals surface area contributed by atoms with Gasteiger partial charge in [-0.15, -0.1) is 0 Å². The lowest BCUT2D eigenvalue weighted by molar-refractivity contribution is -0.172. The number of rotatable bonds is 2. The summed E-state index contributed by atoms with van der Waals surface area (Å²) in [6, 6.07) is 0. The van der Waals surface area contributed by atoms with Crippen molar-refractivity contribution in [2.45, 2.75) is 19.3 Å². The lowest BCUT2D eigenvalue weighted by Gasteiger charge is -2.41. The van der Waals surface area contributed by atoms with Gasteiger partial charge in [0.2, 0.25) is 0 Å². The third kappa shape index (κ3) is 1.13. The number of methoxy groups -OCH3 is 2. The van der Waals surface area contributed by atoms with Crippen molar-refractivity contribution in [2.24, 2.45) is 17.3 Å². The molecule has 0 amide bonds. The van der Waals surface area contributed by atoms with Gasteiger partial charge in [-0.25, -0.2) is 0 Å². The molecule has 0 saturated heterocycles. The SMILES string of the molecule is COC(=O)[C@H]1CC2(CC2)[C@H]1C(=O)OC. The van der Waals surface area contributed by atoms with Gasteiger partial charge in [-0.2, -0.15) is 0 Å². The van der Waals surface area contributed by atoms with Gasteiger partial charge in [-0.1, -0.05) is 0 Å². The van der Waals surface area contributed by atoms with Crippen LogP contribution in [0.2, 0.25) is 0 Å². The van der Waals surface area contributed by atoms with Crippen molar-refractivity contribution in [1.29, 1.82) is 0 Å². The topological polar surface area (TPSA) is 52.6 Å². The maximum atomic E-state index is 11.5. The van der Waals surface area contributed by atoms with Crippen LogP contribution in [0, 0.1) is 17.3 Å². The first-order valence-electron chi connectivity index (χ1n) is 4.80. The first kappa shape index (κ1) is 9.49. The van der Waals surface area contributed by atoms with Gasteiger partial charge in [0.1, 0.15) is 0 Å². The molecule has 0 aromatic heterocycles. The molecule has 78 valence electrons. The molecule has 0 N–H and O–H groups in total. The Hall–Kier alpha value is -1.06. The summed E-state index contributed by atoms with van der Waals surface area (Å²) in [4.78, 5) is 22.8. The molecule has 2 aliphatic rings. The highest BCUT2D eigenvalue weighted by molar-refractivity contribution is 5.85. The molecule has 4 nitrogen and oxygen atoms in total. The van der Waals surface area contributed by atoms with Crippen molar-refractivity contribution in [2.75, 3.05) is 14.2 Å². The fraction of sp³-hybridized carbons (Fsp3) is 0.800. The summed E-state index contributed by atoms with van der Waals surface area (Å²) in [6.07, 6.45) is 2.87. The van der Waals surface area contributed by atoms with Crippen molar-refractivity contribution >= 4 is 11.9 Å². The third-order valence-electron chi connectivity index (χ3n) is 3.54. The zero-order valence-electron chi connectivity index (χ0n) is 8.41. The van der Waals surface area contributed by atoms with E-state index < -0.39 is 0 Å². The predicted octanol–water partition coefficient (Wildman–Crippen LogP) is 0.749. The lowest BCUT2D eigenvalue weighted by atomic mass is 9.61. The van der Waals surface area contributed by atoms with Crippen molar-refractivity contribution in [3.8, 4) is 0 Å². The van der Waals surface area contributed by atoms with Crippen molar-refractivity contribution in [3.05, 3.63) is 0 Å². The molecular weight excluding hydrogens is 184 g/mol. The van der Waals surface area contributed by atoms with Crippen LogP contribution < -0.4 is 0 Å². The highest BCUT2D eigenvalue weighted by Crippen LogP contribution is 2.67. The van der Waals surface area contributed by atoms with Crippen molar-refractivity contribution < 1.29 is 19.1 Å². The van der Waals surface area contributed by atoms with E-state index in [1.807, 2.05) is 0 Å². The molecule has 0 bridgehead atoms. The molecule has 1 spiro atoms. The maximum Gasteiger partial charge on any atom is 0.310 e. The monoisotopic (exact) mass is 198 g/mol. The molecule has 0 aromatic carbocycles. The standard InChI is InChI=1S/C10H14O4/c1-13-8(11)6-5-10(3-4-10)7(6)9(12)14-2/h6-7H,3-5H2,1-2H3/t6-,7+/m0/s1. The van der Waals surface area contributed by atoms with Crippen molar-refractivity contribution in [1.82, 2.24) is 0 Å². The van der Waals surface area contributed by atoms with E-state index in [4.69, 9.17) is 4.74 Å². The van der Waals surface area contributed by atoms with E-state index in [9.17, 15) is 9.59 Å². The molecule has 2 rings (SSSR count). The molecule has 0 heterocycles. The Balaban J connectivity index is 2.08. The van der Waals surface area contributed by atoms with Crippen LogP contribution in [-0.4, -0.2) is 26.2 Å². The Morgan fingerprint density at radius 3 is 2.14 bits per heavy atom. The number of carbonyl (C=O) groups excluding carboxylic acids is 2. The summed E-state index contributed by atoms with van der Waals surface area (Å²) in [6.45, 7) is 0. The molecule has 0 radical (unpaired) electrons. The van der Waals surface area contributed by atoms with E-state index >= 15 is 0 Å². The fourth-order valence-electron chi connectivity index (χ4n) is 2.54. The second-order valence-corrected chi connectivity index (χ2v) is 4.20. The number of hydrogen-bond donors (Lipinski definition) is 0. The highest BCUT2D eigenvalue weighted by atomic mass is 16.5. The van der Waals surface area contributed by atoms with Crippen molar-refractivity contribution in [3.63, 3.8) is 0 Å². The van der Waals surface area contributed by atoms with E-state index in [0.29, 0.717) is 0 Å². The Labute approximate surface area is 82.6 Å². The predicted molar refractivity (Wildman–Crippen MR) is 47.3 cm³/mol. The summed E-state index contributed by atoms with van der Waals surface area (Å²) in [7, 11) is 2.72. The average molecular weight is 198 g/mol. The zero-order chi connectivity index (χ0) is 10.3. The molecule has 0 unspecified atom stereocenters. The minimum atomic E-state index is -0.280. The second-order valence-electron chi connectivity index (χ2n) is 4.20. The summed E-state index contributed by atoms with van der Waals surface area (Å²) < 4.78 is 9.36. The molecule has 0 aliphatic heterocycles.